The number of esters is 1. The van der Waals surface area contributed by atoms with Crippen molar-refractivity contribution in [3.8, 4) is 0 Å². The summed E-state index contributed by atoms with van der Waals surface area (Å²) in [4.78, 5) is 15.7. The second-order valence-electron chi connectivity index (χ2n) is 4.70. The van der Waals surface area contributed by atoms with E-state index in [1.54, 1.807) is 24.3 Å². The molecule has 0 N–H and O–H groups in total. The van der Waals surface area contributed by atoms with E-state index in [2.05, 4.69) is 10.1 Å². The predicted octanol–water partition coefficient (Wildman–Crippen LogP) is 3.60. The molecule has 21 heavy (non-hydrogen) atoms. The van der Waals surface area contributed by atoms with Crippen LogP contribution in [0.3, 0.4) is 0 Å². The van der Waals surface area contributed by atoms with E-state index in [-0.39, 0.29) is 18.4 Å². The molecule has 6 heteroatoms. The Morgan fingerprint density at radius 3 is 2.95 bits per heavy atom. The predicted molar refractivity (Wildman–Crippen MR) is 78.7 cm³/mol. The highest BCUT2D eigenvalue weighted by atomic mass is 35.5. The van der Waals surface area contributed by atoms with Crippen LogP contribution in [0.2, 0.25) is 5.02 Å². The fraction of sp³-hybridized carbons (Fsp3) is 0.267. The molecule has 0 fully saturated rings. The first-order chi connectivity index (χ1) is 10.0. The minimum atomic E-state index is -0.487. The van der Waals surface area contributed by atoms with Gasteiger partial charge in [0.15, 0.2) is 12.4 Å². The zero-order valence-corrected chi connectivity index (χ0v) is 12.5. The summed E-state index contributed by atoms with van der Waals surface area (Å²) in [6, 6.07) is 7.15. The van der Waals surface area contributed by atoms with Gasteiger partial charge in [0.25, 0.3) is 5.89 Å². The van der Waals surface area contributed by atoms with Crippen molar-refractivity contribution in [3.63, 3.8) is 0 Å². The minimum Gasteiger partial charge on any atom is -0.452 e. The zero-order valence-electron chi connectivity index (χ0n) is 11.7. The number of ether oxygens (including phenoxy) is 1. The molecule has 0 spiro atoms. The number of aromatic nitrogens is 2. The summed E-state index contributed by atoms with van der Waals surface area (Å²) < 4.78 is 9.99. The Balaban J connectivity index is 1.87. The van der Waals surface area contributed by atoms with E-state index < -0.39 is 5.97 Å². The van der Waals surface area contributed by atoms with Gasteiger partial charge < -0.3 is 9.26 Å². The number of carbonyl (C=O) groups excluding carboxylic acids is 1. The average Bonchev–Trinajstić information content (AvgIpc) is 2.92. The smallest absolute Gasteiger partial charge is 0.331 e. The molecule has 0 unspecified atom stereocenters. The maximum Gasteiger partial charge on any atom is 0.331 e. The highest BCUT2D eigenvalue weighted by Gasteiger charge is 2.10. The van der Waals surface area contributed by atoms with Gasteiger partial charge in [0.05, 0.1) is 0 Å². The molecule has 5 nitrogen and oxygen atoms in total. The monoisotopic (exact) mass is 306 g/mol. The summed E-state index contributed by atoms with van der Waals surface area (Å²) in [5.41, 5.74) is 0.819. The first-order valence-electron chi connectivity index (χ1n) is 6.47. The average molecular weight is 307 g/mol. The number of hydrogen-bond acceptors (Lipinski definition) is 5. The van der Waals surface area contributed by atoms with E-state index in [4.69, 9.17) is 20.9 Å². The molecule has 0 atom stereocenters. The van der Waals surface area contributed by atoms with Gasteiger partial charge in [-0.2, -0.15) is 4.98 Å². The zero-order chi connectivity index (χ0) is 15.2. The summed E-state index contributed by atoms with van der Waals surface area (Å²) in [6.07, 6.45) is 2.95. The molecule has 1 heterocycles. The van der Waals surface area contributed by atoms with E-state index in [1.807, 2.05) is 19.9 Å². The van der Waals surface area contributed by atoms with Crippen LogP contribution < -0.4 is 0 Å². The lowest BCUT2D eigenvalue weighted by molar-refractivity contribution is -0.139. The summed E-state index contributed by atoms with van der Waals surface area (Å²) in [7, 11) is 0. The molecule has 110 valence electrons. The summed E-state index contributed by atoms with van der Waals surface area (Å²) >= 11 is 5.85. The number of rotatable bonds is 5. The number of benzene rings is 1. The number of carbonyl (C=O) groups is 1. The van der Waals surface area contributed by atoms with Gasteiger partial charge in [0.2, 0.25) is 0 Å². The number of halogens is 1. The third kappa shape index (κ3) is 4.72. The van der Waals surface area contributed by atoms with Crippen LogP contribution in [-0.2, 0) is 16.1 Å². The van der Waals surface area contributed by atoms with E-state index in [0.29, 0.717) is 10.8 Å². The molecular formula is C15H15ClN2O3. The molecule has 0 saturated heterocycles. The van der Waals surface area contributed by atoms with Crippen molar-refractivity contribution in [1.29, 1.82) is 0 Å². The SMILES string of the molecule is CC(C)c1noc(COC(=O)/C=C/c2cccc(Cl)c2)n1. The van der Waals surface area contributed by atoms with Crippen molar-refractivity contribution in [1.82, 2.24) is 10.1 Å². The molecule has 2 rings (SSSR count). The normalized spacial score (nSPS) is 11.2. The number of hydrogen-bond donors (Lipinski definition) is 0. The van der Waals surface area contributed by atoms with E-state index >= 15 is 0 Å². The van der Waals surface area contributed by atoms with Gasteiger partial charge in [-0.05, 0) is 23.8 Å². The Bertz CT molecular complexity index is 650. The highest BCUT2D eigenvalue weighted by Crippen LogP contribution is 2.12. The van der Waals surface area contributed by atoms with Crippen LogP contribution in [0.15, 0.2) is 34.9 Å². The van der Waals surface area contributed by atoms with Gasteiger partial charge in [0, 0.05) is 17.0 Å². The maximum atomic E-state index is 11.6. The molecule has 0 aliphatic rings. The van der Waals surface area contributed by atoms with Crippen LogP contribution >= 0.6 is 11.6 Å². The van der Waals surface area contributed by atoms with Crippen LogP contribution in [0.25, 0.3) is 6.08 Å². The van der Waals surface area contributed by atoms with Crippen LogP contribution in [0.4, 0.5) is 0 Å². The maximum absolute atomic E-state index is 11.6. The molecule has 2 aromatic rings. The first-order valence-corrected chi connectivity index (χ1v) is 6.85. The van der Waals surface area contributed by atoms with Gasteiger partial charge in [-0.3, -0.25) is 0 Å². The van der Waals surface area contributed by atoms with Crippen molar-refractivity contribution in [3.05, 3.63) is 52.6 Å². The van der Waals surface area contributed by atoms with Gasteiger partial charge >= 0.3 is 5.97 Å². The molecular weight excluding hydrogens is 292 g/mol. The number of nitrogens with zero attached hydrogens (tertiary/aromatic N) is 2. The van der Waals surface area contributed by atoms with Crippen LogP contribution in [0.5, 0.6) is 0 Å². The van der Waals surface area contributed by atoms with Crippen molar-refractivity contribution in [2.45, 2.75) is 26.4 Å². The third-order valence-corrected chi connectivity index (χ3v) is 2.83. The minimum absolute atomic E-state index is 0.0432. The molecule has 1 aromatic heterocycles. The topological polar surface area (TPSA) is 65.2 Å². The summed E-state index contributed by atoms with van der Waals surface area (Å²) in [6.45, 7) is 3.86. The molecule has 0 aliphatic carbocycles. The van der Waals surface area contributed by atoms with Gasteiger partial charge in [-0.1, -0.05) is 42.7 Å². The van der Waals surface area contributed by atoms with Crippen molar-refractivity contribution < 1.29 is 14.1 Å². The standard InChI is InChI=1S/C15H15ClN2O3/c1-10(2)15-17-13(21-18-15)9-20-14(19)7-6-11-4-3-5-12(16)8-11/h3-8,10H,9H2,1-2H3/b7-6+. The van der Waals surface area contributed by atoms with E-state index in [9.17, 15) is 4.79 Å². The fourth-order valence-electron chi connectivity index (χ4n) is 1.52. The lowest BCUT2D eigenvalue weighted by atomic mass is 10.2. The molecule has 0 radical (unpaired) electrons. The molecule has 0 aliphatic heterocycles. The Labute approximate surface area is 127 Å². The van der Waals surface area contributed by atoms with Crippen molar-refractivity contribution in [2.24, 2.45) is 0 Å². The lowest BCUT2D eigenvalue weighted by Gasteiger charge is -1.97. The van der Waals surface area contributed by atoms with E-state index in [0.717, 1.165) is 5.56 Å². The highest BCUT2D eigenvalue weighted by molar-refractivity contribution is 6.30. The largest absolute Gasteiger partial charge is 0.452 e. The lowest BCUT2D eigenvalue weighted by Crippen LogP contribution is -2.01. The molecule has 1 aromatic carbocycles. The fourth-order valence-corrected chi connectivity index (χ4v) is 1.72. The quantitative estimate of drug-likeness (QED) is 0.623. The van der Waals surface area contributed by atoms with Crippen LogP contribution in [-0.4, -0.2) is 16.1 Å². The van der Waals surface area contributed by atoms with Gasteiger partial charge in [-0.15, -0.1) is 0 Å². The Kier molecular flexibility index (Phi) is 5.11. The van der Waals surface area contributed by atoms with Crippen LogP contribution in [0.1, 0.15) is 37.0 Å². The molecule has 0 saturated carbocycles. The van der Waals surface area contributed by atoms with Gasteiger partial charge in [0.1, 0.15) is 0 Å². The van der Waals surface area contributed by atoms with Crippen LogP contribution in [0, 0.1) is 0 Å². The molecule has 0 bridgehead atoms. The summed E-state index contributed by atoms with van der Waals surface area (Å²) in [5.74, 6) is 0.555. The second-order valence-corrected chi connectivity index (χ2v) is 5.13. The Hall–Kier alpha value is -2.14. The van der Waals surface area contributed by atoms with Crippen molar-refractivity contribution in [2.75, 3.05) is 0 Å². The first kappa shape index (κ1) is 15.3. The summed E-state index contributed by atoms with van der Waals surface area (Å²) in [5, 5.41) is 4.40. The third-order valence-electron chi connectivity index (χ3n) is 2.60. The molecule has 0 amide bonds. The van der Waals surface area contributed by atoms with E-state index in [1.165, 1.54) is 6.08 Å². The Morgan fingerprint density at radius 1 is 1.48 bits per heavy atom. The van der Waals surface area contributed by atoms with Crippen molar-refractivity contribution >= 4 is 23.6 Å². The second kappa shape index (κ2) is 7.04. The van der Waals surface area contributed by atoms with Gasteiger partial charge in [-0.25, -0.2) is 4.79 Å². The Morgan fingerprint density at radius 2 is 2.29 bits per heavy atom.